The summed E-state index contributed by atoms with van der Waals surface area (Å²) in [5, 5.41) is 0. The lowest BCUT2D eigenvalue weighted by Crippen LogP contribution is -2.27. The number of allylic oxidation sites excluding steroid dienone is 1. The molecule has 0 aromatic heterocycles. The number of hydrogen-bond acceptors (Lipinski definition) is 4. The Labute approximate surface area is 86.8 Å². The van der Waals surface area contributed by atoms with E-state index >= 15 is 0 Å². The number of hydrogen-bond donors (Lipinski definition) is 0. The number of ether oxygens (including phenoxy) is 2. The van der Waals surface area contributed by atoms with Crippen LogP contribution in [0.1, 0.15) is 0 Å². The molecule has 0 radical (unpaired) electrons. The van der Waals surface area contributed by atoms with Crippen molar-refractivity contribution in [2.75, 3.05) is 14.2 Å². The molecule has 78 valence electrons. The molecule has 1 heterocycles. The Bertz CT molecular complexity index is 418. The van der Waals surface area contributed by atoms with Crippen LogP contribution in [-0.2, 0) is 14.3 Å². The third kappa shape index (κ3) is 1.50. The van der Waals surface area contributed by atoms with Crippen molar-refractivity contribution in [1.29, 1.82) is 0 Å². The van der Waals surface area contributed by atoms with Crippen LogP contribution >= 0.6 is 0 Å². The van der Waals surface area contributed by atoms with E-state index in [9.17, 15) is 4.79 Å². The van der Waals surface area contributed by atoms with Gasteiger partial charge in [0.15, 0.2) is 0 Å². The third-order valence-electron chi connectivity index (χ3n) is 2.25. The number of carbonyl (C=O) groups excluding carboxylic acids is 1. The molecule has 0 spiro atoms. The lowest BCUT2D eigenvalue weighted by atomic mass is 9.98. The monoisotopic (exact) mass is 206 g/mol. The van der Waals surface area contributed by atoms with E-state index < -0.39 is 0 Å². The topological polar surface area (TPSA) is 60.2 Å². The highest BCUT2D eigenvalue weighted by Gasteiger charge is 2.29. The van der Waals surface area contributed by atoms with E-state index in [1.807, 2.05) is 0 Å². The van der Waals surface area contributed by atoms with Crippen LogP contribution < -0.4 is 0 Å². The molecular weight excluding hydrogens is 196 g/mol. The highest BCUT2D eigenvalue weighted by Crippen LogP contribution is 2.23. The molecule has 1 atom stereocenters. The summed E-state index contributed by atoms with van der Waals surface area (Å²) < 4.78 is 10.3. The minimum atomic E-state index is -0.346. The third-order valence-corrected chi connectivity index (χ3v) is 2.25. The van der Waals surface area contributed by atoms with Gasteiger partial charge in [-0.1, -0.05) is 0 Å². The fourth-order valence-electron chi connectivity index (χ4n) is 1.55. The zero-order valence-electron chi connectivity index (χ0n) is 8.43. The average molecular weight is 206 g/mol. The van der Waals surface area contributed by atoms with Crippen LogP contribution in [0.25, 0.3) is 0 Å². The van der Waals surface area contributed by atoms with Gasteiger partial charge in [-0.2, -0.15) is 4.99 Å². The maximum absolute atomic E-state index is 11.6. The van der Waals surface area contributed by atoms with Gasteiger partial charge in [-0.05, 0) is 12.2 Å². The average Bonchev–Trinajstić information content (AvgIpc) is 2.28. The lowest BCUT2D eigenvalue weighted by molar-refractivity contribution is -0.114. The van der Waals surface area contributed by atoms with Crippen LogP contribution in [0.5, 0.6) is 0 Å². The number of fused-ring (bicyclic) bond motifs is 1. The second kappa shape index (κ2) is 3.78. The van der Waals surface area contributed by atoms with Crippen LogP contribution in [-0.4, -0.2) is 38.3 Å². The molecule has 1 amide bonds. The Morgan fingerprint density at radius 1 is 1.40 bits per heavy atom. The fraction of sp³-hybridized carbons (Fsp3) is 0.300. The van der Waals surface area contributed by atoms with Crippen molar-refractivity contribution < 1.29 is 14.3 Å². The zero-order valence-corrected chi connectivity index (χ0v) is 8.43. The smallest absolute Gasteiger partial charge is 0.284 e. The predicted octanol–water partition coefficient (Wildman–Crippen LogP) is 0.481. The van der Waals surface area contributed by atoms with Crippen LogP contribution in [0, 0.1) is 0 Å². The van der Waals surface area contributed by atoms with Gasteiger partial charge in [0.05, 0.1) is 12.8 Å². The largest absolute Gasteiger partial charge is 0.497 e. The maximum Gasteiger partial charge on any atom is 0.284 e. The molecule has 0 aromatic rings. The molecule has 2 aliphatic rings. The second-order valence-corrected chi connectivity index (χ2v) is 3.02. The van der Waals surface area contributed by atoms with Crippen LogP contribution in [0.3, 0.4) is 0 Å². The molecule has 0 N–H and O–H groups in total. The quantitative estimate of drug-likeness (QED) is 0.660. The van der Waals surface area contributed by atoms with Crippen LogP contribution in [0.15, 0.2) is 33.5 Å². The summed E-state index contributed by atoms with van der Waals surface area (Å²) in [7, 11) is 3.05. The molecule has 15 heavy (non-hydrogen) atoms. The first-order valence-corrected chi connectivity index (χ1v) is 4.42. The van der Waals surface area contributed by atoms with Gasteiger partial charge in [0, 0.05) is 7.11 Å². The molecule has 5 nitrogen and oxygen atoms in total. The van der Waals surface area contributed by atoms with E-state index in [1.54, 1.807) is 19.3 Å². The number of rotatable bonds is 2. The summed E-state index contributed by atoms with van der Waals surface area (Å²) in [6, 6.07) is 0. The number of aliphatic imine (C=N–C) groups is 2. The summed E-state index contributed by atoms with van der Waals surface area (Å²) in [5.41, 5.74) is 0.953. The SMILES string of the molecule is COC1=C2C(=O)N=CN=C2C=CC1OC. The molecule has 5 heteroatoms. The van der Waals surface area contributed by atoms with Crippen LogP contribution in [0.4, 0.5) is 0 Å². The van der Waals surface area contributed by atoms with Crippen molar-refractivity contribution >= 4 is 18.0 Å². The van der Waals surface area contributed by atoms with E-state index in [2.05, 4.69) is 9.98 Å². The number of nitrogens with zero attached hydrogens (tertiary/aromatic N) is 2. The summed E-state index contributed by atoms with van der Waals surface area (Å²) in [4.78, 5) is 19.1. The van der Waals surface area contributed by atoms with Crippen molar-refractivity contribution in [1.82, 2.24) is 0 Å². The van der Waals surface area contributed by atoms with Crippen molar-refractivity contribution in [2.45, 2.75) is 6.10 Å². The van der Waals surface area contributed by atoms with Crippen molar-refractivity contribution in [3.63, 3.8) is 0 Å². The second-order valence-electron chi connectivity index (χ2n) is 3.02. The Morgan fingerprint density at radius 3 is 2.87 bits per heavy atom. The van der Waals surface area contributed by atoms with Gasteiger partial charge in [-0.3, -0.25) is 4.79 Å². The molecule has 0 bridgehead atoms. The van der Waals surface area contributed by atoms with Gasteiger partial charge in [0.2, 0.25) is 0 Å². The van der Waals surface area contributed by atoms with E-state index in [0.717, 1.165) is 0 Å². The van der Waals surface area contributed by atoms with Gasteiger partial charge < -0.3 is 9.47 Å². The standard InChI is InChI=1S/C10H10N2O3/c1-14-7-4-3-6-8(9(7)15-2)10(13)12-5-11-6/h3-5,7H,1-2H3. The van der Waals surface area contributed by atoms with Crippen LogP contribution in [0.2, 0.25) is 0 Å². The molecule has 0 saturated carbocycles. The summed E-state index contributed by atoms with van der Waals surface area (Å²) in [6.07, 6.45) is 4.41. The predicted molar refractivity (Wildman–Crippen MR) is 54.9 cm³/mol. The molecule has 1 unspecified atom stereocenters. The minimum absolute atomic E-state index is 0.344. The highest BCUT2D eigenvalue weighted by molar-refractivity contribution is 6.31. The summed E-state index contributed by atoms with van der Waals surface area (Å²) in [5.74, 6) is 0.115. The van der Waals surface area contributed by atoms with Gasteiger partial charge in [0.1, 0.15) is 23.8 Å². The first kappa shape index (κ1) is 9.79. The molecule has 0 saturated heterocycles. The first-order chi connectivity index (χ1) is 7.27. The molecule has 2 rings (SSSR count). The Kier molecular flexibility index (Phi) is 2.47. The Morgan fingerprint density at radius 2 is 2.20 bits per heavy atom. The van der Waals surface area contributed by atoms with Crippen molar-refractivity contribution in [3.05, 3.63) is 23.5 Å². The Hall–Kier alpha value is -1.75. The van der Waals surface area contributed by atoms with Gasteiger partial charge >= 0.3 is 0 Å². The molecule has 1 aliphatic carbocycles. The van der Waals surface area contributed by atoms with E-state index in [0.29, 0.717) is 17.0 Å². The van der Waals surface area contributed by atoms with Gasteiger partial charge in [-0.15, -0.1) is 0 Å². The minimum Gasteiger partial charge on any atom is -0.497 e. The molecule has 1 aliphatic heterocycles. The summed E-state index contributed by atoms with van der Waals surface area (Å²) in [6.45, 7) is 0. The first-order valence-electron chi connectivity index (χ1n) is 4.42. The van der Waals surface area contributed by atoms with Gasteiger partial charge in [-0.25, -0.2) is 4.99 Å². The molecular formula is C10H10N2O3. The number of amides is 1. The number of methoxy groups -OCH3 is 2. The normalized spacial score (nSPS) is 24.0. The van der Waals surface area contributed by atoms with Crippen molar-refractivity contribution in [3.8, 4) is 0 Å². The maximum atomic E-state index is 11.6. The van der Waals surface area contributed by atoms with E-state index in [1.165, 1.54) is 13.4 Å². The highest BCUT2D eigenvalue weighted by atomic mass is 16.5. The van der Waals surface area contributed by atoms with E-state index in [-0.39, 0.29) is 12.0 Å². The molecule has 0 fully saturated rings. The number of carbonyl (C=O) groups is 1. The Balaban J connectivity index is 2.52. The van der Waals surface area contributed by atoms with Gasteiger partial charge in [0.25, 0.3) is 5.91 Å². The van der Waals surface area contributed by atoms with Crippen molar-refractivity contribution in [2.24, 2.45) is 9.98 Å². The fourth-order valence-corrected chi connectivity index (χ4v) is 1.55. The lowest BCUT2D eigenvalue weighted by Gasteiger charge is -2.22. The zero-order chi connectivity index (χ0) is 10.8. The summed E-state index contributed by atoms with van der Waals surface area (Å²) >= 11 is 0. The molecule has 0 aromatic carbocycles. The van der Waals surface area contributed by atoms with E-state index in [4.69, 9.17) is 9.47 Å².